The second kappa shape index (κ2) is 8.63. The lowest BCUT2D eigenvalue weighted by Crippen LogP contribution is -2.25. The van der Waals surface area contributed by atoms with E-state index in [1.165, 1.54) is 80.0 Å². The zero-order valence-electron chi connectivity index (χ0n) is 17.3. The quantitative estimate of drug-likeness (QED) is 0.521. The summed E-state index contributed by atoms with van der Waals surface area (Å²) in [5, 5.41) is 0. The van der Waals surface area contributed by atoms with E-state index in [4.69, 9.17) is 0 Å². The molecule has 0 spiro atoms. The molecule has 2 aromatic carbocycles. The van der Waals surface area contributed by atoms with Crippen LogP contribution in [0, 0.1) is 30.6 Å². The summed E-state index contributed by atoms with van der Waals surface area (Å²) in [6, 6.07) is 18.2. The molecule has 0 saturated heterocycles. The first kappa shape index (κ1) is 18.8. The molecule has 0 nitrogen and oxygen atoms in total. The van der Waals surface area contributed by atoms with E-state index in [1.54, 1.807) is 0 Å². The van der Waals surface area contributed by atoms with Gasteiger partial charge in [0, 0.05) is 0 Å². The van der Waals surface area contributed by atoms with Crippen LogP contribution in [0.4, 0.5) is 0 Å². The van der Waals surface area contributed by atoms with E-state index in [9.17, 15) is 0 Å². The van der Waals surface area contributed by atoms with Crippen molar-refractivity contribution in [1.29, 1.82) is 0 Å². The van der Waals surface area contributed by atoms with Crippen molar-refractivity contribution in [2.24, 2.45) is 23.7 Å². The van der Waals surface area contributed by atoms with E-state index in [-0.39, 0.29) is 0 Å². The molecule has 0 N–H and O–H groups in total. The molecule has 0 aliphatic heterocycles. The molecule has 0 unspecified atom stereocenters. The third kappa shape index (κ3) is 4.84. The SMILES string of the molecule is Cc1ccc(-c2ccc(CC3CCC(C4CCC(C)CC4)CC3)cc2)cc1. The fourth-order valence-corrected chi connectivity index (χ4v) is 5.53. The molecule has 0 heteroatoms. The molecule has 0 heterocycles. The van der Waals surface area contributed by atoms with Gasteiger partial charge in [-0.2, -0.15) is 0 Å². The Hall–Kier alpha value is -1.56. The average molecular weight is 361 g/mol. The van der Waals surface area contributed by atoms with Crippen LogP contribution in [0.3, 0.4) is 0 Å². The van der Waals surface area contributed by atoms with Gasteiger partial charge in [0.05, 0.1) is 0 Å². The highest BCUT2D eigenvalue weighted by Gasteiger charge is 2.29. The minimum absolute atomic E-state index is 0.911. The van der Waals surface area contributed by atoms with Crippen LogP contribution in [-0.2, 0) is 6.42 Å². The second-order valence-corrected chi connectivity index (χ2v) is 9.57. The lowest BCUT2D eigenvalue weighted by molar-refractivity contribution is 0.150. The van der Waals surface area contributed by atoms with Gasteiger partial charge in [-0.15, -0.1) is 0 Å². The third-order valence-corrected chi connectivity index (χ3v) is 7.48. The molecule has 0 amide bonds. The lowest BCUT2D eigenvalue weighted by atomic mass is 9.69. The van der Waals surface area contributed by atoms with Gasteiger partial charge in [0.25, 0.3) is 0 Å². The number of hydrogen-bond donors (Lipinski definition) is 0. The number of benzene rings is 2. The van der Waals surface area contributed by atoms with Crippen LogP contribution in [-0.4, -0.2) is 0 Å². The number of aryl methyl sites for hydroxylation is 1. The molecule has 0 aromatic heterocycles. The molecule has 2 saturated carbocycles. The fraction of sp³-hybridized carbons (Fsp3) is 0.556. The first-order chi connectivity index (χ1) is 13.2. The molecular formula is C27H36. The molecule has 144 valence electrons. The topological polar surface area (TPSA) is 0 Å². The average Bonchev–Trinajstić information content (AvgIpc) is 2.71. The Morgan fingerprint density at radius 3 is 1.67 bits per heavy atom. The monoisotopic (exact) mass is 360 g/mol. The minimum atomic E-state index is 0.911. The van der Waals surface area contributed by atoms with E-state index >= 15 is 0 Å². The summed E-state index contributed by atoms with van der Waals surface area (Å²) in [6.45, 7) is 4.59. The maximum atomic E-state index is 2.44. The molecule has 0 radical (unpaired) electrons. The Kier molecular flexibility index (Phi) is 6.01. The summed E-state index contributed by atoms with van der Waals surface area (Å²) in [6.07, 6.45) is 13.2. The van der Waals surface area contributed by atoms with Crippen LogP contribution in [0.25, 0.3) is 11.1 Å². The van der Waals surface area contributed by atoms with Gasteiger partial charge in [0.1, 0.15) is 0 Å². The van der Waals surface area contributed by atoms with Crippen molar-refractivity contribution >= 4 is 0 Å². The smallest absolute Gasteiger partial charge is 0.0184 e. The number of rotatable bonds is 4. The largest absolute Gasteiger partial charge is 0.0625 e. The van der Waals surface area contributed by atoms with Gasteiger partial charge in [-0.3, -0.25) is 0 Å². The Bertz CT molecular complexity index is 693. The van der Waals surface area contributed by atoms with Gasteiger partial charge in [-0.25, -0.2) is 0 Å². The van der Waals surface area contributed by atoms with Crippen molar-refractivity contribution in [3.05, 3.63) is 59.7 Å². The molecule has 27 heavy (non-hydrogen) atoms. The van der Waals surface area contributed by atoms with Gasteiger partial charge >= 0.3 is 0 Å². The van der Waals surface area contributed by atoms with Crippen LogP contribution >= 0.6 is 0 Å². The van der Waals surface area contributed by atoms with E-state index < -0.39 is 0 Å². The van der Waals surface area contributed by atoms with Crippen LogP contribution in [0.5, 0.6) is 0 Å². The summed E-state index contributed by atoms with van der Waals surface area (Å²) < 4.78 is 0. The van der Waals surface area contributed by atoms with Crippen molar-refractivity contribution in [1.82, 2.24) is 0 Å². The van der Waals surface area contributed by atoms with Gasteiger partial charge in [-0.05, 0) is 92.2 Å². The Labute approximate surface area is 166 Å². The molecular weight excluding hydrogens is 324 g/mol. The van der Waals surface area contributed by atoms with E-state index in [2.05, 4.69) is 62.4 Å². The van der Waals surface area contributed by atoms with Crippen molar-refractivity contribution in [2.75, 3.05) is 0 Å². The van der Waals surface area contributed by atoms with Gasteiger partial charge in [0.2, 0.25) is 0 Å². The Morgan fingerprint density at radius 2 is 1.11 bits per heavy atom. The third-order valence-electron chi connectivity index (χ3n) is 7.48. The second-order valence-electron chi connectivity index (χ2n) is 9.57. The summed E-state index contributed by atoms with van der Waals surface area (Å²) in [4.78, 5) is 0. The predicted octanol–water partition coefficient (Wildman–Crippen LogP) is 7.84. The summed E-state index contributed by atoms with van der Waals surface area (Å²) in [5.41, 5.74) is 5.53. The fourth-order valence-electron chi connectivity index (χ4n) is 5.53. The maximum absolute atomic E-state index is 2.44. The zero-order chi connectivity index (χ0) is 18.6. The molecule has 2 fully saturated rings. The van der Waals surface area contributed by atoms with E-state index in [0.29, 0.717) is 0 Å². The lowest BCUT2D eigenvalue weighted by Gasteiger charge is -2.37. The molecule has 0 atom stereocenters. The van der Waals surface area contributed by atoms with E-state index in [1.807, 2.05) is 0 Å². The highest BCUT2D eigenvalue weighted by Crippen LogP contribution is 2.41. The standard InChI is InChI=1S/C27H36/c1-20-3-11-24(12-4-20)26-15-7-22(8-16-26)19-23-9-17-27(18-10-23)25-13-5-21(2)6-14-25/h3-4,7-8,11-12,15-16,21,23,25,27H,5-6,9-10,13-14,17-19H2,1-2H3. The molecule has 2 aromatic rings. The molecule has 2 aliphatic rings. The van der Waals surface area contributed by atoms with Crippen LogP contribution in [0.2, 0.25) is 0 Å². The normalized spacial score (nSPS) is 28.8. The van der Waals surface area contributed by atoms with Crippen molar-refractivity contribution < 1.29 is 0 Å². The van der Waals surface area contributed by atoms with Gasteiger partial charge in [-0.1, -0.05) is 73.9 Å². The Balaban J connectivity index is 1.28. The summed E-state index contributed by atoms with van der Waals surface area (Å²) >= 11 is 0. The Morgan fingerprint density at radius 1 is 0.630 bits per heavy atom. The van der Waals surface area contributed by atoms with Gasteiger partial charge < -0.3 is 0 Å². The molecule has 4 rings (SSSR count). The summed E-state index contributed by atoms with van der Waals surface area (Å²) in [5.74, 6) is 3.99. The first-order valence-electron chi connectivity index (χ1n) is 11.3. The first-order valence-corrected chi connectivity index (χ1v) is 11.3. The number of hydrogen-bond acceptors (Lipinski definition) is 0. The maximum Gasteiger partial charge on any atom is -0.0184 e. The molecule has 0 bridgehead atoms. The van der Waals surface area contributed by atoms with Crippen molar-refractivity contribution in [2.45, 2.75) is 71.6 Å². The zero-order valence-corrected chi connectivity index (χ0v) is 17.3. The van der Waals surface area contributed by atoms with Crippen LogP contribution in [0.1, 0.15) is 69.4 Å². The summed E-state index contributed by atoms with van der Waals surface area (Å²) in [7, 11) is 0. The van der Waals surface area contributed by atoms with Crippen molar-refractivity contribution in [3.63, 3.8) is 0 Å². The van der Waals surface area contributed by atoms with Crippen molar-refractivity contribution in [3.8, 4) is 11.1 Å². The van der Waals surface area contributed by atoms with E-state index in [0.717, 1.165) is 23.7 Å². The van der Waals surface area contributed by atoms with Crippen LogP contribution < -0.4 is 0 Å². The minimum Gasteiger partial charge on any atom is -0.0625 e. The highest BCUT2D eigenvalue weighted by atomic mass is 14.3. The van der Waals surface area contributed by atoms with Gasteiger partial charge in [0.15, 0.2) is 0 Å². The van der Waals surface area contributed by atoms with Crippen LogP contribution in [0.15, 0.2) is 48.5 Å². The predicted molar refractivity (Wildman–Crippen MR) is 117 cm³/mol. The highest BCUT2D eigenvalue weighted by molar-refractivity contribution is 5.63. The molecule has 2 aliphatic carbocycles.